The van der Waals surface area contributed by atoms with Crippen LogP contribution in [0.4, 0.5) is 0 Å². The maximum absolute atomic E-state index is 12.7. The van der Waals surface area contributed by atoms with E-state index in [9.17, 15) is 19.5 Å². The molecule has 0 fully saturated rings. The second-order valence-electron chi connectivity index (χ2n) is 16.0. The number of hydrogen-bond acceptors (Lipinski definition) is 6. The zero-order valence-corrected chi connectivity index (χ0v) is 34.8. The summed E-state index contributed by atoms with van der Waals surface area (Å²) in [7, 11) is 5.53. The average Bonchev–Trinajstić information content (AvgIpc) is 3.09. The predicted molar refractivity (Wildman–Crippen MR) is 215 cm³/mol. The molecule has 52 heavy (non-hydrogen) atoms. The van der Waals surface area contributed by atoms with Crippen LogP contribution < -0.4 is 0 Å². The normalized spacial score (nSPS) is 13.0. The lowest BCUT2D eigenvalue weighted by Gasteiger charge is -2.31. The number of carbonyl (C=O) groups is 3. The van der Waals surface area contributed by atoms with Gasteiger partial charge >= 0.3 is 17.9 Å². The zero-order valence-electron chi connectivity index (χ0n) is 34.8. The number of allylic oxidation sites excluding steroid dienone is 2. The smallest absolute Gasteiger partial charge is 0.362 e. The van der Waals surface area contributed by atoms with Gasteiger partial charge in [-0.25, -0.2) is 4.79 Å². The molecule has 2 unspecified atom stereocenters. The highest BCUT2D eigenvalue weighted by atomic mass is 16.6. The fourth-order valence-corrected chi connectivity index (χ4v) is 6.50. The molecule has 0 saturated carbocycles. The maximum Gasteiger partial charge on any atom is 0.362 e. The Morgan fingerprint density at radius 3 is 1.42 bits per heavy atom. The minimum atomic E-state index is -0.874. The number of aliphatic carboxylic acids is 1. The zero-order chi connectivity index (χ0) is 38.5. The molecule has 0 spiro atoms. The quantitative estimate of drug-likeness (QED) is 0.0290. The number of nitrogens with zero attached hydrogens (tertiary/aromatic N) is 1. The molecule has 8 nitrogen and oxygen atoms in total. The Balaban J connectivity index is 4.31. The van der Waals surface area contributed by atoms with Crippen molar-refractivity contribution in [1.82, 2.24) is 0 Å². The predicted octanol–water partition coefficient (Wildman–Crippen LogP) is 11.5. The molecule has 0 amide bonds. The van der Waals surface area contributed by atoms with E-state index >= 15 is 0 Å². The molecular weight excluding hydrogens is 654 g/mol. The summed E-state index contributed by atoms with van der Waals surface area (Å²) in [5, 5.41) is 9.60. The van der Waals surface area contributed by atoms with E-state index in [2.05, 4.69) is 26.0 Å². The summed E-state index contributed by atoms with van der Waals surface area (Å²) < 4.78 is 17.3. The number of unbranched alkanes of at least 4 members (excludes halogenated alkanes) is 23. The molecule has 0 rings (SSSR count). The Hall–Kier alpha value is -1.93. The van der Waals surface area contributed by atoms with E-state index in [1.165, 1.54) is 116 Å². The number of rotatable bonds is 39. The molecule has 306 valence electrons. The molecule has 0 aliphatic carbocycles. The first kappa shape index (κ1) is 50.1. The van der Waals surface area contributed by atoms with Crippen LogP contribution in [0.2, 0.25) is 0 Å². The number of likely N-dealkylation sites (N-methyl/N-ethyl adjacent to an activating group) is 1. The average molecular weight is 739 g/mol. The van der Waals surface area contributed by atoms with Gasteiger partial charge in [-0.3, -0.25) is 9.59 Å². The number of ether oxygens (including phenoxy) is 3. The van der Waals surface area contributed by atoms with Crippen LogP contribution in [0.5, 0.6) is 0 Å². The summed E-state index contributed by atoms with van der Waals surface area (Å²) in [5.74, 6) is -1.47. The monoisotopic (exact) mass is 739 g/mol. The summed E-state index contributed by atoms with van der Waals surface area (Å²) in [4.78, 5) is 36.9. The molecule has 0 aromatic heterocycles. The van der Waals surface area contributed by atoms with E-state index in [0.29, 0.717) is 19.3 Å². The van der Waals surface area contributed by atoms with E-state index in [1.807, 2.05) is 21.1 Å². The summed E-state index contributed by atoms with van der Waals surface area (Å²) >= 11 is 0. The second-order valence-corrected chi connectivity index (χ2v) is 16.0. The SMILES string of the molecule is CCCCC/C=C/CCCCCCCC(=O)OC(COCCC(C(=O)O)[N+](C)(C)C)COC(=O)CCCCCCCCCCCCCCCCCC. The van der Waals surface area contributed by atoms with E-state index in [-0.39, 0.29) is 36.2 Å². The molecule has 0 bridgehead atoms. The first-order valence-electron chi connectivity index (χ1n) is 21.7. The summed E-state index contributed by atoms with van der Waals surface area (Å²) in [5.41, 5.74) is 0. The van der Waals surface area contributed by atoms with Crippen molar-refractivity contribution in [3.8, 4) is 0 Å². The number of hydrogen-bond donors (Lipinski definition) is 1. The topological polar surface area (TPSA) is 99.1 Å². The van der Waals surface area contributed by atoms with Crippen LogP contribution in [0.3, 0.4) is 0 Å². The van der Waals surface area contributed by atoms with Crippen molar-refractivity contribution in [1.29, 1.82) is 0 Å². The van der Waals surface area contributed by atoms with Gasteiger partial charge in [-0.05, 0) is 38.5 Å². The number of carbonyl (C=O) groups excluding carboxylic acids is 2. The third-order valence-corrected chi connectivity index (χ3v) is 9.91. The highest BCUT2D eigenvalue weighted by Gasteiger charge is 2.31. The van der Waals surface area contributed by atoms with Crippen LogP contribution in [0, 0.1) is 0 Å². The lowest BCUT2D eigenvalue weighted by Crippen LogP contribution is -2.50. The molecular formula is C44H84NO7+. The number of carboxylic acids is 1. The first-order valence-corrected chi connectivity index (χ1v) is 21.7. The van der Waals surface area contributed by atoms with Crippen LogP contribution in [0.25, 0.3) is 0 Å². The molecule has 0 aromatic rings. The van der Waals surface area contributed by atoms with Crippen molar-refractivity contribution < 1.29 is 38.2 Å². The summed E-state index contributed by atoms with van der Waals surface area (Å²) in [6, 6.07) is -0.611. The Kier molecular flexibility index (Phi) is 34.7. The van der Waals surface area contributed by atoms with Crippen molar-refractivity contribution >= 4 is 17.9 Å². The van der Waals surface area contributed by atoms with Crippen molar-refractivity contribution in [2.75, 3.05) is 41.0 Å². The molecule has 0 aliphatic heterocycles. The van der Waals surface area contributed by atoms with Gasteiger partial charge in [0.15, 0.2) is 12.1 Å². The van der Waals surface area contributed by atoms with Crippen molar-refractivity contribution in [3.63, 3.8) is 0 Å². The van der Waals surface area contributed by atoms with Crippen LogP contribution in [-0.4, -0.2) is 80.6 Å². The van der Waals surface area contributed by atoms with Crippen molar-refractivity contribution in [2.24, 2.45) is 0 Å². The van der Waals surface area contributed by atoms with Crippen LogP contribution >= 0.6 is 0 Å². The lowest BCUT2D eigenvalue weighted by atomic mass is 10.0. The Morgan fingerprint density at radius 2 is 0.962 bits per heavy atom. The van der Waals surface area contributed by atoms with E-state index in [0.717, 1.165) is 51.4 Å². The first-order chi connectivity index (χ1) is 25.1. The maximum atomic E-state index is 12.7. The Bertz CT molecular complexity index is 869. The number of carboxylic acid groups (broad SMARTS) is 1. The van der Waals surface area contributed by atoms with E-state index < -0.39 is 18.1 Å². The second kappa shape index (κ2) is 36.1. The molecule has 0 heterocycles. The van der Waals surface area contributed by atoms with E-state index in [1.54, 1.807) is 0 Å². The largest absolute Gasteiger partial charge is 0.477 e. The molecule has 0 aliphatic rings. The Labute approximate surface area is 320 Å². The fraction of sp³-hybridized carbons (Fsp3) is 0.886. The lowest BCUT2D eigenvalue weighted by molar-refractivity contribution is -0.887. The standard InChI is InChI=1S/C44H83NO7/c1-6-8-10-12-14-16-18-20-21-22-23-25-26-28-30-32-34-42(46)51-39-40(38-50-37-36-41(44(48)49)45(3,4)5)52-43(47)35-33-31-29-27-24-19-17-15-13-11-9-7-2/h15,17,40-41H,6-14,16,18-39H2,1-5H3/p+1/b17-15+. The molecule has 0 aromatic carbocycles. The van der Waals surface area contributed by atoms with Gasteiger partial charge in [0.1, 0.15) is 6.61 Å². The van der Waals surface area contributed by atoms with Gasteiger partial charge in [-0.1, -0.05) is 154 Å². The van der Waals surface area contributed by atoms with Gasteiger partial charge in [0, 0.05) is 19.3 Å². The minimum Gasteiger partial charge on any atom is -0.477 e. The Morgan fingerprint density at radius 1 is 0.558 bits per heavy atom. The summed E-state index contributed by atoms with van der Waals surface area (Å²) in [6.07, 6.45) is 36.8. The van der Waals surface area contributed by atoms with Gasteiger partial charge in [-0.2, -0.15) is 0 Å². The fourth-order valence-electron chi connectivity index (χ4n) is 6.50. The van der Waals surface area contributed by atoms with Crippen molar-refractivity contribution in [2.45, 2.75) is 212 Å². The highest BCUT2D eigenvalue weighted by Crippen LogP contribution is 2.15. The van der Waals surface area contributed by atoms with Gasteiger partial charge in [-0.15, -0.1) is 0 Å². The van der Waals surface area contributed by atoms with Gasteiger partial charge in [0.25, 0.3) is 0 Å². The van der Waals surface area contributed by atoms with Gasteiger partial charge in [0.05, 0.1) is 34.4 Å². The number of esters is 2. The molecule has 8 heteroatoms. The third-order valence-electron chi connectivity index (χ3n) is 9.91. The third kappa shape index (κ3) is 33.9. The van der Waals surface area contributed by atoms with Crippen LogP contribution in [0.15, 0.2) is 12.2 Å². The molecule has 1 N–H and O–H groups in total. The molecule has 0 radical (unpaired) electrons. The van der Waals surface area contributed by atoms with E-state index in [4.69, 9.17) is 14.2 Å². The minimum absolute atomic E-state index is 0.0485. The number of quaternary nitrogens is 1. The van der Waals surface area contributed by atoms with Crippen molar-refractivity contribution in [3.05, 3.63) is 12.2 Å². The highest BCUT2D eigenvalue weighted by molar-refractivity contribution is 5.72. The van der Waals surface area contributed by atoms with Crippen LogP contribution in [-0.2, 0) is 28.6 Å². The molecule has 0 saturated heterocycles. The molecule has 2 atom stereocenters. The van der Waals surface area contributed by atoms with Crippen LogP contribution in [0.1, 0.15) is 200 Å². The summed E-state index contributed by atoms with van der Waals surface area (Å²) in [6.45, 7) is 4.72. The van der Waals surface area contributed by atoms with Gasteiger partial charge < -0.3 is 23.8 Å². The van der Waals surface area contributed by atoms with Gasteiger partial charge in [0.2, 0.25) is 0 Å².